The quantitative estimate of drug-likeness (QED) is 0.601. The molecule has 11 heavy (non-hydrogen) atoms. The minimum atomic E-state index is 0.550. The van der Waals surface area contributed by atoms with Gasteiger partial charge in [0.1, 0.15) is 12.6 Å². The van der Waals surface area contributed by atoms with E-state index in [-0.39, 0.29) is 0 Å². The first-order chi connectivity index (χ1) is 5.34. The number of carbonyl (C=O) groups excluding carboxylic acids is 1. The summed E-state index contributed by atoms with van der Waals surface area (Å²) in [7, 11) is 0. The Kier molecular flexibility index (Phi) is 2.72. The molecule has 0 unspecified atom stereocenters. The zero-order valence-electron chi connectivity index (χ0n) is 6.45. The highest BCUT2D eigenvalue weighted by Gasteiger charge is 1.96. The van der Waals surface area contributed by atoms with E-state index in [9.17, 15) is 4.79 Å². The lowest BCUT2D eigenvalue weighted by molar-refractivity contribution is -0.107. The third-order valence-electron chi connectivity index (χ3n) is 1.54. The molecule has 0 aliphatic rings. The highest BCUT2D eigenvalue weighted by atomic mass is 16.1. The summed E-state index contributed by atoms with van der Waals surface area (Å²) in [5.41, 5.74) is 2.02. The second-order valence-electron chi connectivity index (χ2n) is 2.34. The molecule has 1 aromatic heterocycles. The number of carbonyl (C=O) groups is 1. The molecular formula is C8H10N2O. The van der Waals surface area contributed by atoms with Crippen LogP contribution in [0.5, 0.6) is 0 Å². The molecule has 0 aromatic carbocycles. The molecule has 0 saturated carbocycles. The highest BCUT2D eigenvalue weighted by Crippen LogP contribution is 2.03. The Morgan fingerprint density at radius 3 is 3.09 bits per heavy atom. The van der Waals surface area contributed by atoms with Crippen LogP contribution >= 0.6 is 0 Å². The van der Waals surface area contributed by atoms with Crippen LogP contribution < -0.4 is 0 Å². The van der Waals surface area contributed by atoms with E-state index in [0.717, 1.165) is 24.0 Å². The summed E-state index contributed by atoms with van der Waals surface area (Å²) >= 11 is 0. The van der Waals surface area contributed by atoms with Gasteiger partial charge in [0.2, 0.25) is 0 Å². The van der Waals surface area contributed by atoms with Gasteiger partial charge in [-0.15, -0.1) is 0 Å². The molecule has 58 valence electrons. The van der Waals surface area contributed by atoms with Crippen LogP contribution in [0.15, 0.2) is 12.5 Å². The Balaban J connectivity index is 2.69. The van der Waals surface area contributed by atoms with E-state index in [0.29, 0.717) is 6.42 Å². The Bertz CT molecular complexity index is 248. The molecule has 0 aliphatic carbocycles. The fraction of sp³-hybridized carbons (Fsp3) is 0.375. The fourth-order valence-electron chi connectivity index (χ4n) is 0.879. The molecule has 0 N–H and O–H groups in total. The molecule has 0 fully saturated rings. The maximum atomic E-state index is 10.0. The first-order valence-electron chi connectivity index (χ1n) is 3.53. The van der Waals surface area contributed by atoms with Crippen LogP contribution in [-0.4, -0.2) is 16.3 Å². The summed E-state index contributed by atoms with van der Waals surface area (Å²) in [6.45, 7) is 1.92. The van der Waals surface area contributed by atoms with Crippen LogP contribution in [0.3, 0.4) is 0 Å². The summed E-state index contributed by atoms with van der Waals surface area (Å²) in [4.78, 5) is 17.9. The van der Waals surface area contributed by atoms with Crippen molar-refractivity contribution in [1.29, 1.82) is 0 Å². The molecular weight excluding hydrogens is 140 g/mol. The van der Waals surface area contributed by atoms with Gasteiger partial charge in [-0.25, -0.2) is 9.97 Å². The number of aryl methyl sites for hydroxylation is 2. The van der Waals surface area contributed by atoms with Gasteiger partial charge in [0.15, 0.2) is 0 Å². The SMILES string of the molecule is Cc1ncncc1CCC=O. The smallest absolute Gasteiger partial charge is 0.120 e. The summed E-state index contributed by atoms with van der Waals surface area (Å²) in [5.74, 6) is 0. The number of hydrogen-bond acceptors (Lipinski definition) is 3. The van der Waals surface area contributed by atoms with Gasteiger partial charge in [-0.05, 0) is 18.9 Å². The molecule has 3 heteroatoms. The Morgan fingerprint density at radius 1 is 1.64 bits per heavy atom. The van der Waals surface area contributed by atoms with E-state index in [4.69, 9.17) is 0 Å². The predicted molar refractivity (Wildman–Crippen MR) is 41.2 cm³/mol. The van der Waals surface area contributed by atoms with Crippen molar-refractivity contribution in [2.45, 2.75) is 19.8 Å². The Labute approximate surface area is 65.5 Å². The number of aldehydes is 1. The van der Waals surface area contributed by atoms with Gasteiger partial charge in [0.05, 0.1) is 0 Å². The van der Waals surface area contributed by atoms with Crippen LogP contribution in [0, 0.1) is 6.92 Å². The summed E-state index contributed by atoms with van der Waals surface area (Å²) in [6.07, 6.45) is 5.47. The minimum Gasteiger partial charge on any atom is -0.303 e. The number of aromatic nitrogens is 2. The minimum absolute atomic E-state index is 0.550. The van der Waals surface area contributed by atoms with Crippen LogP contribution in [0.2, 0.25) is 0 Å². The van der Waals surface area contributed by atoms with Gasteiger partial charge in [0.25, 0.3) is 0 Å². The molecule has 1 aromatic rings. The molecule has 0 saturated heterocycles. The first-order valence-corrected chi connectivity index (χ1v) is 3.53. The van der Waals surface area contributed by atoms with Crippen molar-refractivity contribution < 1.29 is 4.79 Å². The van der Waals surface area contributed by atoms with E-state index in [1.54, 1.807) is 6.20 Å². The Morgan fingerprint density at radius 2 is 2.45 bits per heavy atom. The molecule has 0 spiro atoms. The third-order valence-corrected chi connectivity index (χ3v) is 1.54. The second kappa shape index (κ2) is 3.81. The second-order valence-corrected chi connectivity index (χ2v) is 2.34. The van der Waals surface area contributed by atoms with E-state index in [1.165, 1.54) is 6.33 Å². The predicted octanol–water partition coefficient (Wildman–Crippen LogP) is 0.917. The molecule has 0 radical (unpaired) electrons. The lowest BCUT2D eigenvalue weighted by atomic mass is 10.1. The normalized spacial score (nSPS) is 9.55. The van der Waals surface area contributed by atoms with Crippen LogP contribution in [0.25, 0.3) is 0 Å². The molecule has 0 aliphatic heterocycles. The first kappa shape index (κ1) is 7.85. The topological polar surface area (TPSA) is 42.9 Å². The van der Waals surface area contributed by atoms with Crippen molar-refractivity contribution in [2.75, 3.05) is 0 Å². The van der Waals surface area contributed by atoms with E-state index in [1.807, 2.05) is 6.92 Å². The van der Waals surface area contributed by atoms with E-state index >= 15 is 0 Å². The zero-order valence-corrected chi connectivity index (χ0v) is 6.45. The number of rotatable bonds is 3. The van der Waals surface area contributed by atoms with Gasteiger partial charge < -0.3 is 4.79 Å². The molecule has 0 bridgehead atoms. The standard InChI is InChI=1S/C8H10N2O/c1-7-8(3-2-4-11)5-9-6-10-7/h4-6H,2-3H2,1H3. The van der Waals surface area contributed by atoms with Crippen molar-refractivity contribution in [2.24, 2.45) is 0 Å². The lowest BCUT2D eigenvalue weighted by Crippen LogP contribution is -1.94. The lowest BCUT2D eigenvalue weighted by Gasteiger charge is -1.98. The summed E-state index contributed by atoms with van der Waals surface area (Å²) in [6, 6.07) is 0. The van der Waals surface area contributed by atoms with Crippen molar-refractivity contribution in [3.8, 4) is 0 Å². The largest absolute Gasteiger partial charge is 0.303 e. The van der Waals surface area contributed by atoms with Crippen LogP contribution in [-0.2, 0) is 11.2 Å². The van der Waals surface area contributed by atoms with Gasteiger partial charge in [-0.2, -0.15) is 0 Å². The van der Waals surface area contributed by atoms with Gasteiger partial charge in [-0.3, -0.25) is 0 Å². The Hall–Kier alpha value is -1.25. The number of hydrogen-bond donors (Lipinski definition) is 0. The monoisotopic (exact) mass is 150 g/mol. The van der Waals surface area contributed by atoms with Crippen LogP contribution in [0.4, 0.5) is 0 Å². The van der Waals surface area contributed by atoms with Crippen molar-refractivity contribution in [3.63, 3.8) is 0 Å². The van der Waals surface area contributed by atoms with Gasteiger partial charge in [-0.1, -0.05) is 0 Å². The van der Waals surface area contributed by atoms with Gasteiger partial charge in [0, 0.05) is 18.3 Å². The fourth-order valence-corrected chi connectivity index (χ4v) is 0.879. The van der Waals surface area contributed by atoms with E-state index in [2.05, 4.69) is 9.97 Å². The molecule has 0 amide bonds. The van der Waals surface area contributed by atoms with Crippen molar-refractivity contribution in [1.82, 2.24) is 9.97 Å². The summed E-state index contributed by atoms with van der Waals surface area (Å²) in [5, 5.41) is 0. The average Bonchev–Trinajstić information content (AvgIpc) is 2.03. The van der Waals surface area contributed by atoms with E-state index < -0.39 is 0 Å². The van der Waals surface area contributed by atoms with Crippen molar-refractivity contribution in [3.05, 3.63) is 23.8 Å². The molecule has 1 heterocycles. The average molecular weight is 150 g/mol. The van der Waals surface area contributed by atoms with Crippen molar-refractivity contribution >= 4 is 6.29 Å². The third kappa shape index (κ3) is 2.11. The van der Waals surface area contributed by atoms with Crippen LogP contribution in [0.1, 0.15) is 17.7 Å². The zero-order chi connectivity index (χ0) is 8.10. The summed E-state index contributed by atoms with van der Waals surface area (Å²) < 4.78 is 0. The maximum Gasteiger partial charge on any atom is 0.120 e. The maximum absolute atomic E-state index is 10.0. The highest BCUT2D eigenvalue weighted by molar-refractivity contribution is 5.50. The number of nitrogens with zero attached hydrogens (tertiary/aromatic N) is 2. The molecule has 3 nitrogen and oxygen atoms in total. The molecule has 1 rings (SSSR count). The van der Waals surface area contributed by atoms with Gasteiger partial charge >= 0.3 is 0 Å². The molecule has 0 atom stereocenters.